The normalized spacial score (nSPS) is 13.6. The Kier molecular flexibility index (Phi) is 11.9. The van der Waals surface area contributed by atoms with Crippen LogP contribution in [-0.4, -0.2) is 11.6 Å². The second-order valence-corrected chi connectivity index (χ2v) is 18.2. The van der Waals surface area contributed by atoms with Crippen molar-refractivity contribution in [2.45, 2.75) is 0 Å². The number of ether oxygens (including phenoxy) is 1. The second kappa shape index (κ2) is 19.6. The molecule has 344 valence electrons. The molecule has 0 spiro atoms. The van der Waals surface area contributed by atoms with E-state index in [9.17, 15) is 0 Å². The van der Waals surface area contributed by atoms with Crippen LogP contribution in [0.5, 0.6) is 11.5 Å². The van der Waals surface area contributed by atoms with Gasteiger partial charge in [0.1, 0.15) is 11.5 Å². The van der Waals surface area contributed by atoms with Gasteiger partial charge in [-0.15, -0.1) is 0 Å². The fraction of sp³-hybridized carbons (Fsp3) is 0. The van der Waals surface area contributed by atoms with Crippen molar-refractivity contribution in [2.24, 2.45) is 0 Å². The van der Waals surface area contributed by atoms with Crippen molar-refractivity contribution in [3.63, 3.8) is 0 Å². The average Bonchev–Trinajstić information content (AvgIpc) is 3.95. The Morgan fingerprint density at radius 2 is 0.329 bits per heavy atom. The maximum atomic E-state index is 15.1. The van der Waals surface area contributed by atoms with Gasteiger partial charge in [0.05, 0.1) is 0 Å². The largest absolute Gasteiger partial charge is 0.457 e. The van der Waals surface area contributed by atoms with E-state index in [4.69, 9.17) is 4.74 Å². The van der Waals surface area contributed by atoms with E-state index in [2.05, 4.69) is 97.1 Å². The second-order valence-electron chi connectivity index (χ2n) is 18.2. The van der Waals surface area contributed by atoms with Crippen molar-refractivity contribution in [1.82, 2.24) is 0 Å². The van der Waals surface area contributed by atoms with Crippen LogP contribution in [0.15, 0.2) is 279 Å². The summed E-state index contributed by atoms with van der Waals surface area (Å²) in [5.74, 6) is 1.27. The fourth-order valence-electron chi connectivity index (χ4n) is 10.3. The molecule has 0 fully saturated rings. The summed E-state index contributed by atoms with van der Waals surface area (Å²) in [6.07, 6.45) is 0. The first-order valence-electron chi connectivity index (χ1n) is 24.6. The Hall–Kier alpha value is -9.70. The van der Waals surface area contributed by atoms with Crippen molar-refractivity contribution < 1.29 is 14.3 Å². The van der Waals surface area contributed by atoms with Gasteiger partial charge in [0.2, 0.25) is 0 Å². The molecular formula is C70H46O3. The maximum absolute atomic E-state index is 15.1. The van der Waals surface area contributed by atoms with Crippen molar-refractivity contribution in [3.05, 3.63) is 324 Å². The monoisotopic (exact) mass is 934 g/mol. The van der Waals surface area contributed by atoms with Gasteiger partial charge in [-0.3, -0.25) is 9.59 Å². The summed E-state index contributed by atoms with van der Waals surface area (Å²) in [5.41, 5.74) is 17.8. The van der Waals surface area contributed by atoms with Gasteiger partial charge in [-0.25, -0.2) is 0 Å². The number of hydrogen-bond donors (Lipinski definition) is 0. The Morgan fingerprint density at radius 3 is 0.589 bits per heavy atom. The molecular weight excluding hydrogens is 889 g/mol. The van der Waals surface area contributed by atoms with Crippen LogP contribution in [0.1, 0.15) is 44.5 Å². The molecule has 0 aromatic heterocycles. The van der Waals surface area contributed by atoms with Crippen LogP contribution in [0.25, 0.3) is 66.8 Å². The molecule has 12 rings (SSSR count). The van der Waals surface area contributed by atoms with Crippen LogP contribution in [-0.2, 0) is 9.59 Å². The molecule has 0 unspecified atom stereocenters. The lowest BCUT2D eigenvalue weighted by Crippen LogP contribution is -2.02. The summed E-state index contributed by atoms with van der Waals surface area (Å²) in [6.45, 7) is 0. The molecule has 0 atom stereocenters. The Labute approximate surface area is 425 Å². The number of carbonyl (C=O) groups excluding carboxylic acids is 2. The van der Waals surface area contributed by atoms with Gasteiger partial charge in [0, 0.05) is 44.6 Å². The highest BCUT2D eigenvalue weighted by atomic mass is 16.5. The molecule has 2 aliphatic rings. The van der Waals surface area contributed by atoms with E-state index in [-0.39, 0.29) is 11.6 Å². The quantitative estimate of drug-likeness (QED) is 0.123. The van der Waals surface area contributed by atoms with Crippen LogP contribution < -0.4 is 4.74 Å². The van der Waals surface area contributed by atoms with E-state index in [1.165, 1.54) is 0 Å². The van der Waals surface area contributed by atoms with E-state index in [0.717, 1.165) is 89.1 Å². The zero-order chi connectivity index (χ0) is 49.1. The van der Waals surface area contributed by atoms with Crippen LogP contribution in [0.4, 0.5) is 0 Å². The average molecular weight is 935 g/mol. The molecule has 2 aliphatic carbocycles. The predicted molar refractivity (Wildman–Crippen MR) is 300 cm³/mol. The predicted octanol–water partition coefficient (Wildman–Crippen LogP) is 17.0. The Balaban J connectivity index is 0.923. The number of ketones is 2. The number of allylic oxidation sites excluding steroid dienone is 8. The molecule has 0 saturated carbocycles. The third-order valence-corrected chi connectivity index (χ3v) is 13.7. The third kappa shape index (κ3) is 8.60. The first-order valence-corrected chi connectivity index (χ1v) is 24.6. The zero-order valence-electron chi connectivity index (χ0n) is 39.8. The lowest BCUT2D eigenvalue weighted by molar-refractivity contribution is -0.109. The molecule has 0 aliphatic heterocycles. The van der Waals surface area contributed by atoms with Crippen molar-refractivity contribution in [2.75, 3.05) is 0 Å². The van der Waals surface area contributed by atoms with Gasteiger partial charge < -0.3 is 4.74 Å². The molecule has 10 aromatic rings. The summed E-state index contributed by atoms with van der Waals surface area (Å²) in [4.78, 5) is 30.1. The van der Waals surface area contributed by atoms with Crippen molar-refractivity contribution in [3.8, 4) is 33.8 Å². The van der Waals surface area contributed by atoms with Gasteiger partial charge in [0.15, 0.2) is 11.6 Å². The number of rotatable bonds is 12. The van der Waals surface area contributed by atoms with Crippen LogP contribution >= 0.6 is 0 Å². The number of Topliss-reactive ketones (excluding diaryl/α,β-unsaturated/α-hetero) is 2. The lowest BCUT2D eigenvalue weighted by atomic mass is 9.89. The van der Waals surface area contributed by atoms with Gasteiger partial charge in [0.25, 0.3) is 0 Å². The summed E-state index contributed by atoms with van der Waals surface area (Å²) in [7, 11) is 0. The van der Waals surface area contributed by atoms with Gasteiger partial charge >= 0.3 is 0 Å². The molecule has 0 N–H and O–H groups in total. The summed E-state index contributed by atoms with van der Waals surface area (Å²) >= 11 is 0. The number of carbonyl (C=O) groups is 2. The molecule has 3 nitrogen and oxygen atoms in total. The number of benzene rings is 10. The minimum atomic E-state index is -0.0134. The first-order chi connectivity index (χ1) is 36.1. The highest BCUT2D eigenvalue weighted by molar-refractivity contribution is 6.60. The van der Waals surface area contributed by atoms with Crippen molar-refractivity contribution >= 4 is 56.2 Å². The fourth-order valence-corrected chi connectivity index (χ4v) is 10.3. The lowest BCUT2D eigenvalue weighted by Gasteiger charge is -2.15. The van der Waals surface area contributed by atoms with Crippen LogP contribution in [0, 0.1) is 0 Å². The molecule has 0 bridgehead atoms. The van der Waals surface area contributed by atoms with E-state index in [0.29, 0.717) is 33.8 Å². The highest BCUT2D eigenvalue weighted by Crippen LogP contribution is 2.52. The van der Waals surface area contributed by atoms with Crippen LogP contribution in [0.3, 0.4) is 0 Å². The van der Waals surface area contributed by atoms with E-state index < -0.39 is 0 Å². The van der Waals surface area contributed by atoms with E-state index >= 15 is 9.59 Å². The maximum Gasteiger partial charge on any atom is 0.195 e. The van der Waals surface area contributed by atoms with Crippen molar-refractivity contribution in [1.29, 1.82) is 0 Å². The number of hydrogen-bond acceptors (Lipinski definition) is 3. The summed E-state index contributed by atoms with van der Waals surface area (Å²) in [6, 6.07) is 93.7. The molecule has 0 radical (unpaired) electrons. The topological polar surface area (TPSA) is 43.4 Å². The summed E-state index contributed by atoms with van der Waals surface area (Å²) in [5, 5.41) is 0. The molecule has 73 heavy (non-hydrogen) atoms. The Morgan fingerprint density at radius 1 is 0.164 bits per heavy atom. The SMILES string of the molecule is O=C1C(c2ccccc2)=C(c2ccccc2)C(c2ccc(Oc3ccc(C4=C(c5ccc(-c6ccccc6)cc5)C(=O)C(c5ccccc5)=C4c4ccccc4)cc3)cc2)=C1c1ccc(-c2ccccc2)cc1. The van der Waals surface area contributed by atoms with E-state index in [1.54, 1.807) is 0 Å². The molecule has 0 saturated heterocycles. The standard InChI is InChI=1S/C70H46O3/c71-69-65(53-27-15-5-16-28-53)61(51-23-11-3-12-24-51)63(67(69)57-35-31-49(32-36-57)47-19-7-1-8-20-47)55-39-43-59(44-40-55)73-60-45-41-56(42-46-60)64-62(52-25-13-4-14-26-52)66(54-29-17-6-18-30-54)70(72)68(64)58-37-33-50(34-38-58)48-21-9-2-10-22-48/h1-46H. The minimum absolute atomic E-state index is 0.0134. The smallest absolute Gasteiger partial charge is 0.195 e. The van der Waals surface area contributed by atoms with Gasteiger partial charge in [-0.1, -0.05) is 255 Å². The van der Waals surface area contributed by atoms with Gasteiger partial charge in [-0.05, 0) is 91.0 Å². The Bertz CT molecular complexity index is 3520. The highest BCUT2D eigenvalue weighted by Gasteiger charge is 2.37. The minimum Gasteiger partial charge on any atom is -0.457 e. The molecule has 10 aromatic carbocycles. The van der Waals surface area contributed by atoms with Gasteiger partial charge in [-0.2, -0.15) is 0 Å². The van der Waals surface area contributed by atoms with E-state index in [1.807, 2.05) is 182 Å². The molecule has 0 heterocycles. The van der Waals surface area contributed by atoms with Crippen LogP contribution in [0.2, 0.25) is 0 Å². The molecule has 0 amide bonds. The summed E-state index contributed by atoms with van der Waals surface area (Å²) < 4.78 is 6.60. The molecule has 3 heteroatoms. The third-order valence-electron chi connectivity index (χ3n) is 13.7. The zero-order valence-corrected chi connectivity index (χ0v) is 39.8. The first kappa shape index (κ1) is 44.5.